The van der Waals surface area contributed by atoms with E-state index in [0.717, 1.165) is 43.9 Å². The van der Waals surface area contributed by atoms with Gasteiger partial charge in [0.2, 0.25) is 5.95 Å². The van der Waals surface area contributed by atoms with Crippen LogP contribution >= 0.6 is 0 Å². The van der Waals surface area contributed by atoms with Crippen molar-refractivity contribution < 1.29 is 9.84 Å². The fourth-order valence-electron chi connectivity index (χ4n) is 3.95. The number of methoxy groups -OCH3 is 1. The maximum Gasteiger partial charge on any atom is 0.226 e. The van der Waals surface area contributed by atoms with Crippen molar-refractivity contribution in [2.75, 3.05) is 18.6 Å². The first-order valence-electron chi connectivity index (χ1n) is 9.63. The largest absolute Gasteiger partial charge is 0.368 e. The van der Waals surface area contributed by atoms with Gasteiger partial charge in [-0.05, 0) is 44.6 Å². The van der Waals surface area contributed by atoms with Crippen LogP contribution in [0, 0.1) is 0 Å². The van der Waals surface area contributed by atoms with Crippen molar-refractivity contribution >= 4 is 5.95 Å². The third kappa shape index (κ3) is 3.21. The van der Waals surface area contributed by atoms with Gasteiger partial charge in [0.15, 0.2) is 6.29 Å². The summed E-state index contributed by atoms with van der Waals surface area (Å²) in [5, 5.41) is 9.77. The van der Waals surface area contributed by atoms with Crippen LogP contribution in [0.4, 0.5) is 5.95 Å². The number of fused-ring (bicyclic) bond motifs is 1. The number of aliphatic hydroxyl groups is 1. The van der Waals surface area contributed by atoms with Gasteiger partial charge in [-0.15, -0.1) is 0 Å². The highest BCUT2D eigenvalue weighted by molar-refractivity contribution is 5.70. The minimum Gasteiger partial charge on any atom is -0.368 e. The Bertz CT molecular complexity index is 793. The Balaban J connectivity index is 1.73. The van der Waals surface area contributed by atoms with Crippen LogP contribution in [-0.2, 0) is 24.0 Å². The van der Waals surface area contributed by atoms with Crippen LogP contribution in [0.2, 0.25) is 0 Å². The fraction of sp³-hybridized carbons (Fsp3) is 0.524. The minimum absolute atomic E-state index is 0.523. The number of rotatable bonds is 6. The molecule has 1 aliphatic heterocycles. The molecule has 1 aliphatic carbocycles. The molecule has 26 heavy (non-hydrogen) atoms. The molecule has 2 atom stereocenters. The van der Waals surface area contributed by atoms with E-state index < -0.39 is 6.29 Å². The predicted molar refractivity (Wildman–Crippen MR) is 102 cm³/mol. The quantitative estimate of drug-likeness (QED) is 0.809. The highest BCUT2D eigenvalue weighted by Gasteiger charge is 2.29. The van der Waals surface area contributed by atoms with Gasteiger partial charge in [-0.2, -0.15) is 0 Å². The van der Waals surface area contributed by atoms with Gasteiger partial charge < -0.3 is 14.7 Å². The highest BCUT2D eigenvalue weighted by Crippen LogP contribution is 2.35. The summed E-state index contributed by atoms with van der Waals surface area (Å²) in [7, 11) is 1.54. The third-order valence-electron chi connectivity index (χ3n) is 5.70. The molecule has 0 saturated carbocycles. The first-order valence-corrected chi connectivity index (χ1v) is 9.63. The molecule has 1 saturated heterocycles. The molecule has 0 amide bonds. The molecule has 4 rings (SSSR count). The summed E-state index contributed by atoms with van der Waals surface area (Å²) in [6, 6.07) is 8.93. The maximum absolute atomic E-state index is 9.77. The van der Waals surface area contributed by atoms with Crippen molar-refractivity contribution in [3.8, 4) is 11.3 Å². The van der Waals surface area contributed by atoms with Gasteiger partial charge in [0.1, 0.15) is 0 Å². The first kappa shape index (κ1) is 17.4. The van der Waals surface area contributed by atoms with Crippen LogP contribution in [-0.4, -0.2) is 41.1 Å². The molecule has 0 bridgehead atoms. The number of anilines is 1. The van der Waals surface area contributed by atoms with E-state index in [1.54, 1.807) is 0 Å². The number of hydrogen-bond donors (Lipinski definition) is 1. The van der Waals surface area contributed by atoms with E-state index in [2.05, 4.69) is 36.1 Å². The number of nitrogens with zero attached hydrogens (tertiary/aromatic N) is 3. The number of aliphatic hydroxyl groups excluding tert-OH is 1. The molecule has 0 radical (unpaired) electrons. The van der Waals surface area contributed by atoms with Crippen molar-refractivity contribution in [3.05, 3.63) is 41.1 Å². The second-order valence-electron chi connectivity index (χ2n) is 7.37. The molecule has 2 aromatic rings. The van der Waals surface area contributed by atoms with Gasteiger partial charge in [0, 0.05) is 42.9 Å². The van der Waals surface area contributed by atoms with E-state index in [1.165, 1.54) is 35.9 Å². The molecule has 1 unspecified atom stereocenters. The van der Waals surface area contributed by atoms with E-state index in [-0.39, 0.29) is 0 Å². The average molecular weight is 353 g/mol. The van der Waals surface area contributed by atoms with Crippen molar-refractivity contribution in [2.24, 2.45) is 0 Å². The number of aryl methyl sites for hydroxylation is 2. The maximum atomic E-state index is 9.77. The summed E-state index contributed by atoms with van der Waals surface area (Å²) >= 11 is 0. The molecule has 1 aromatic carbocycles. The molecule has 0 spiro atoms. The van der Waals surface area contributed by atoms with Gasteiger partial charge in [0.05, 0.1) is 5.69 Å². The molecule has 1 N–H and O–H groups in total. The predicted octanol–water partition coefficient (Wildman–Crippen LogP) is 3.13. The van der Waals surface area contributed by atoms with E-state index in [1.807, 2.05) is 0 Å². The molecule has 2 heterocycles. The lowest BCUT2D eigenvalue weighted by Gasteiger charge is -2.39. The Morgan fingerprint density at radius 2 is 2.12 bits per heavy atom. The molecule has 2 aliphatic rings. The lowest BCUT2D eigenvalue weighted by molar-refractivity contribution is -0.0777. The van der Waals surface area contributed by atoms with Gasteiger partial charge >= 0.3 is 0 Å². The van der Waals surface area contributed by atoms with Gasteiger partial charge in [-0.1, -0.05) is 24.3 Å². The topological polar surface area (TPSA) is 58.5 Å². The Morgan fingerprint density at radius 3 is 2.85 bits per heavy atom. The average Bonchev–Trinajstić information content (AvgIpc) is 3.13. The smallest absolute Gasteiger partial charge is 0.226 e. The number of hydrogen-bond acceptors (Lipinski definition) is 5. The normalized spacial score (nSPS) is 20.0. The van der Waals surface area contributed by atoms with Gasteiger partial charge in [-0.3, -0.25) is 0 Å². The summed E-state index contributed by atoms with van der Waals surface area (Å²) in [6.07, 6.45) is 5.08. The number of aromatic nitrogens is 2. The summed E-state index contributed by atoms with van der Waals surface area (Å²) in [5.74, 6) is 0.881. The van der Waals surface area contributed by atoms with Crippen LogP contribution in [0.15, 0.2) is 24.3 Å². The van der Waals surface area contributed by atoms with E-state index >= 15 is 0 Å². The van der Waals surface area contributed by atoms with Crippen molar-refractivity contribution in [1.82, 2.24) is 9.97 Å². The first-order chi connectivity index (χ1) is 12.7. The Kier molecular flexibility index (Phi) is 4.92. The number of benzene rings is 1. The van der Waals surface area contributed by atoms with Crippen LogP contribution in [0.3, 0.4) is 0 Å². The Hall–Kier alpha value is -1.98. The van der Waals surface area contributed by atoms with Crippen molar-refractivity contribution in [3.63, 3.8) is 0 Å². The Labute approximate surface area is 155 Å². The molecule has 1 fully saturated rings. The molecule has 138 valence electrons. The molecule has 1 aromatic heterocycles. The van der Waals surface area contributed by atoms with Crippen LogP contribution in [0.25, 0.3) is 11.3 Å². The van der Waals surface area contributed by atoms with Gasteiger partial charge in [-0.25, -0.2) is 9.97 Å². The van der Waals surface area contributed by atoms with Gasteiger partial charge in [0.25, 0.3) is 0 Å². The summed E-state index contributed by atoms with van der Waals surface area (Å²) < 4.78 is 5.00. The van der Waals surface area contributed by atoms with Crippen LogP contribution < -0.4 is 4.90 Å². The van der Waals surface area contributed by atoms with Crippen LogP contribution in [0.5, 0.6) is 0 Å². The lowest BCUT2D eigenvalue weighted by atomic mass is 9.96. The van der Waals surface area contributed by atoms with Crippen molar-refractivity contribution in [1.29, 1.82) is 0 Å². The third-order valence-corrected chi connectivity index (χ3v) is 5.70. The zero-order chi connectivity index (χ0) is 18.1. The van der Waals surface area contributed by atoms with E-state index in [0.29, 0.717) is 12.5 Å². The summed E-state index contributed by atoms with van der Waals surface area (Å²) in [4.78, 5) is 12.2. The molecular weight excluding hydrogens is 326 g/mol. The second-order valence-corrected chi connectivity index (χ2v) is 7.37. The summed E-state index contributed by atoms with van der Waals surface area (Å²) in [6.45, 7) is 3.28. The molecule has 5 heteroatoms. The SMILES string of the molecule is COC(O)CCc1ccccc1-c1nc(N2CC[C@@H]2C)nc2c1CCC2. The monoisotopic (exact) mass is 353 g/mol. The Morgan fingerprint density at radius 1 is 1.27 bits per heavy atom. The van der Waals surface area contributed by atoms with E-state index in [4.69, 9.17) is 14.7 Å². The number of ether oxygens (including phenoxy) is 1. The summed E-state index contributed by atoms with van der Waals surface area (Å²) in [5.41, 5.74) is 5.99. The van der Waals surface area contributed by atoms with Crippen molar-refractivity contribution in [2.45, 2.75) is 57.8 Å². The van der Waals surface area contributed by atoms with Crippen LogP contribution in [0.1, 0.15) is 43.0 Å². The standard InChI is InChI=1S/C21H27N3O2/c1-14-12-13-24(14)21-22-18-9-5-8-17(18)20(23-21)16-7-4-3-6-15(16)10-11-19(25)26-2/h3-4,6-7,14,19,25H,5,8-13H2,1-2H3/t14-,19?/m0/s1. The zero-order valence-corrected chi connectivity index (χ0v) is 15.6. The fourth-order valence-corrected chi connectivity index (χ4v) is 3.95. The minimum atomic E-state index is -0.725. The molecular formula is C21H27N3O2. The lowest BCUT2D eigenvalue weighted by Crippen LogP contribution is -2.46. The second kappa shape index (κ2) is 7.33. The molecule has 5 nitrogen and oxygen atoms in total. The highest BCUT2D eigenvalue weighted by atomic mass is 16.6. The van der Waals surface area contributed by atoms with E-state index in [9.17, 15) is 5.11 Å². The zero-order valence-electron chi connectivity index (χ0n) is 15.6.